The third-order valence-electron chi connectivity index (χ3n) is 4.82. The number of nitrogens with one attached hydrogen (secondary N) is 4. The molecule has 37 heavy (non-hydrogen) atoms. The van der Waals surface area contributed by atoms with Gasteiger partial charge in [-0.05, 0) is 48.4 Å². The number of rotatable bonds is 11. The molecule has 0 unspecified atom stereocenters. The Hall–Kier alpha value is -4.80. The summed E-state index contributed by atoms with van der Waals surface area (Å²) in [6.45, 7) is 4.39. The highest BCUT2D eigenvalue weighted by Crippen LogP contribution is 2.27. The van der Waals surface area contributed by atoms with Crippen molar-refractivity contribution in [1.29, 1.82) is 0 Å². The summed E-state index contributed by atoms with van der Waals surface area (Å²) in [6.07, 6.45) is 3.23. The maximum atomic E-state index is 14.6. The summed E-state index contributed by atoms with van der Waals surface area (Å²) in [5.41, 5.74) is 0.642. The van der Waals surface area contributed by atoms with Gasteiger partial charge in [-0.2, -0.15) is 0 Å². The predicted molar refractivity (Wildman–Crippen MR) is 134 cm³/mol. The molecule has 2 aromatic carbocycles. The highest BCUT2D eigenvalue weighted by Gasteiger charge is 2.12. The van der Waals surface area contributed by atoms with E-state index in [0.717, 1.165) is 6.07 Å². The van der Waals surface area contributed by atoms with E-state index < -0.39 is 23.6 Å². The number of imide groups is 1. The van der Waals surface area contributed by atoms with Gasteiger partial charge in [-0.25, -0.2) is 18.6 Å². The summed E-state index contributed by atoms with van der Waals surface area (Å²) >= 11 is 0. The Labute approximate surface area is 211 Å². The fourth-order valence-corrected chi connectivity index (χ4v) is 3.07. The van der Waals surface area contributed by atoms with Crippen LogP contribution in [0, 0.1) is 11.6 Å². The van der Waals surface area contributed by atoms with E-state index in [-0.39, 0.29) is 23.8 Å². The molecule has 0 spiro atoms. The summed E-state index contributed by atoms with van der Waals surface area (Å²) in [5.74, 6) is -1.25. The number of carbonyl (C=O) groups excluding carboxylic acids is 3. The van der Waals surface area contributed by atoms with Gasteiger partial charge < -0.3 is 20.7 Å². The van der Waals surface area contributed by atoms with Gasteiger partial charge in [0.15, 0.2) is 11.6 Å². The van der Waals surface area contributed by atoms with Gasteiger partial charge in [-0.3, -0.25) is 14.9 Å². The topological polar surface area (TPSA) is 121 Å². The second-order valence-electron chi connectivity index (χ2n) is 7.71. The molecule has 4 N–H and O–H groups in total. The van der Waals surface area contributed by atoms with Crippen molar-refractivity contribution in [2.24, 2.45) is 0 Å². The number of carbonyl (C=O) groups is 3. The van der Waals surface area contributed by atoms with E-state index in [9.17, 15) is 23.2 Å². The standard InChI is InChI=1S/C26H25F2N5O4/c1-2-24(34)31-12-3-11-29-23-16-20(10-13-30-23)37-22-9-8-19(15-21(22)28)32-26(36)33-25(35)14-17-4-6-18(27)7-5-17/h2,4-10,13,15-16H,1,3,11-12,14H2,(H,29,30)(H,31,34)(H2,32,33,35,36). The molecule has 9 nitrogen and oxygen atoms in total. The smallest absolute Gasteiger partial charge is 0.325 e. The summed E-state index contributed by atoms with van der Waals surface area (Å²) < 4.78 is 33.1. The van der Waals surface area contributed by atoms with Gasteiger partial charge in [-0.15, -0.1) is 0 Å². The van der Waals surface area contributed by atoms with Crippen molar-refractivity contribution < 1.29 is 27.9 Å². The Morgan fingerprint density at radius 2 is 1.78 bits per heavy atom. The van der Waals surface area contributed by atoms with Gasteiger partial charge in [0, 0.05) is 37.1 Å². The molecular weight excluding hydrogens is 484 g/mol. The van der Waals surface area contributed by atoms with Gasteiger partial charge in [0.25, 0.3) is 0 Å². The van der Waals surface area contributed by atoms with Gasteiger partial charge >= 0.3 is 6.03 Å². The van der Waals surface area contributed by atoms with Crippen LogP contribution in [0.15, 0.2) is 73.4 Å². The summed E-state index contributed by atoms with van der Waals surface area (Å²) in [6, 6.07) is 11.4. The zero-order valence-corrected chi connectivity index (χ0v) is 19.7. The molecule has 0 aliphatic carbocycles. The second kappa shape index (κ2) is 13.3. The lowest BCUT2D eigenvalue weighted by molar-refractivity contribution is -0.119. The van der Waals surface area contributed by atoms with Gasteiger partial charge in [0.2, 0.25) is 11.8 Å². The molecule has 1 aromatic heterocycles. The molecule has 3 aromatic rings. The third-order valence-corrected chi connectivity index (χ3v) is 4.82. The fraction of sp³-hybridized carbons (Fsp3) is 0.154. The van der Waals surface area contributed by atoms with Crippen molar-refractivity contribution in [1.82, 2.24) is 15.6 Å². The predicted octanol–water partition coefficient (Wildman–Crippen LogP) is 4.15. The average molecular weight is 510 g/mol. The summed E-state index contributed by atoms with van der Waals surface area (Å²) in [4.78, 5) is 39.4. The first-order valence-corrected chi connectivity index (χ1v) is 11.3. The lowest BCUT2D eigenvalue weighted by Crippen LogP contribution is -2.35. The molecule has 1 heterocycles. The Balaban J connectivity index is 1.49. The van der Waals surface area contributed by atoms with E-state index >= 15 is 0 Å². The molecular formula is C26H25F2N5O4. The van der Waals surface area contributed by atoms with Gasteiger partial charge in [0.05, 0.1) is 6.42 Å². The van der Waals surface area contributed by atoms with Crippen LogP contribution in [0.4, 0.5) is 25.1 Å². The van der Waals surface area contributed by atoms with E-state index in [4.69, 9.17) is 4.74 Å². The van der Waals surface area contributed by atoms with E-state index in [1.807, 2.05) is 0 Å². The van der Waals surface area contributed by atoms with Crippen LogP contribution in [0.5, 0.6) is 11.5 Å². The maximum absolute atomic E-state index is 14.6. The zero-order valence-electron chi connectivity index (χ0n) is 19.7. The van der Waals surface area contributed by atoms with Crippen LogP contribution in [-0.2, 0) is 16.0 Å². The molecule has 192 valence electrons. The summed E-state index contributed by atoms with van der Waals surface area (Å²) in [7, 11) is 0. The van der Waals surface area contributed by atoms with Crippen LogP contribution in [-0.4, -0.2) is 35.9 Å². The minimum absolute atomic E-state index is 0.0809. The van der Waals surface area contributed by atoms with Crippen molar-refractivity contribution in [2.45, 2.75) is 12.8 Å². The number of aromatic nitrogens is 1. The average Bonchev–Trinajstić information content (AvgIpc) is 2.87. The Morgan fingerprint density at radius 3 is 2.51 bits per heavy atom. The fourth-order valence-electron chi connectivity index (χ4n) is 3.07. The van der Waals surface area contributed by atoms with Crippen molar-refractivity contribution >= 4 is 29.4 Å². The van der Waals surface area contributed by atoms with Gasteiger partial charge in [-0.1, -0.05) is 18.7 Å². The Kier molecular flexibility index (Phi) is 9.66. The van der Waals surface area contributed by atoms with Crippen molar-refractivity contribution in [3.63, 3.8) is 0 Å². The molecule has 0 saturated heterocycles. The SMILES string of the molecule is C=CC(=O)NCCCNc1cc(Oc2ccc(NC(=O)NC(=O)Cc3ccc(F)cc3)cc2F)ccn1. The normalized spacial score (nSPS) is 10.2. The molecule has 0 aliphatic rings. The van der Waals surface area contributed by atoms with Crippen LogP contribution >= 0.6 is 0 Å². The number of hydrogen-bond donors (Lipinski definition) is 4. The molecule has 0 atom stereocenters. The third kappa shape index (κ3) is 9.06. The molecule has 0 saturated carbocycles. The quantitative estimate of drug-likeness (QED) is 0.228. The lowest BCUT2D eigenvalue weighted by Gasteiger charge is -2.11. The Bertz CT molecular complexity index is 1270. The number of pyridine rings is 1. The van der Waals surface area contributed by atoms with Crippen LogP contribution in [0.1, 0.15) is 12.0 Å². The van der Waals surface area contributed by atoms with E-state index in [2.05, 4.69) is 32.8 Å². The minimum Gasteiger partial charge on any atom is -0.454 e. The number of hydrogen-bond acceptors (Lipinski definition) is 6. The minimum atomic E-state index is -0.839. The number of amides is 4. The number of nitrogens with zero attached hydrogens (tertiary/aromatic N) is 1. The first-order chi connectivity index (χ1) is 17.8. The number of halogens is 2. The highest BCUT2D eigenvalue weighted by molar-refractivity contribution is 6.01. The van der Waals surface area contributed by atoms with E-state index in [1.165, 1.54) is 48.7 Å². The number of urea groups is 1. The van der Waals surface area contributed by atoms with Crippen molar-refractivity contribution in [3.05, 3.63) is 90.6 Å². The zero-order chi connectivity index (χ0) is 26.6. The first-order valence-electron chi connectivity index (χ1n) is 11.3. The Morgan fingerprint density at radius 1 is 1.00 bits per heavy atom. The molecule has 4 amide bonds. The van der Waals surface area contributed by atoms with Crippen LogP contribution in [0.3, 0.4) is 0 Å². The molecule has 3 rings (SSSR count). The monoisotopic (exact) mass is 509 g/mol. The van der Waals surface area contributed by atoms with Crippen LogP contribution in [0.2, 0.25) is 0 Å². The molecule has 0 radical (unpaired) electrons. The molecule has 0 bridgehead atoms. The molecule has 0 fully saturated rings. The first kappa shape index (κ1) is 26.8. The molecule has 11 heteroatoms. The maximum Gasteiger partial charge on any atom is 0.325 e. The lowest BCUT2D eigenvalue weighted by atomic mass is 10.1. The van der Waals surface area contributed by atoms with E-state index in [0.29, 0.717) is 36.6 Å². The summed E-state index contributed by atoms with van der Waals surface area (Å²) in [5, 5.41) is 10.2. The number of benzene rings is 2. The number of anilines is 2. The highest BCUT2D eigenvalue weighted by atomic mass is 19.1. The number of ether oxygens (including phenoxy) is 1. The van der Waals surface area contributed by atoms with Crippen LogP contribution < -0.4 is 26.0 Å². The van der Waals surface area contributed by atoms with Crippen molar-refractivity contribution in [3.8, 4) is 11.5 Å². The van der Waals surface area contributed by atoms with Gasteiger partial charge in [0.1, 0.15) is 17.4 Å². The largest absolute Gasteiger partial charge is 0.454 e. The van der Waals surface area contributed by atoms with Crippen LogP contribution in [0.25, 0.3) is 0 Å². The van der Waals surface area contributed by atoms with Crippen molar-refractivity contribution in [2.75, 3.05) is 23.7 Å². The second-order valence-corrected chi connectivity index (χ2v) is 7.71. The molecule has 0 aliphatic heterocycles. The van der Waals surface area contributed by atoms with E-state index in [1.54, 1.807) is 12.1 Å².